The number of hydrogen-bond acceptors (Lipinski definition) is 4. The smallest absolute Gasteiger partial charge is 0.336 e. The lowest BCUT2D eigenvalue weighted by molar-refractivity contribution is 0.0695. The van der Waals surface area contributed by atoms with Crippen molar-refractivity contribution in [2.75, 3.05) is 7.11 Å². The maximum Gasteiger partial charge on any atom is 0.336 e. The highest BCUT2D eigenvalue weighted by molar-refractivity contribution is 5.89. The standard InChI is InChI=1S/C17H15N3O3/c1-23-14-8-6-12(7-9-14)16-10-18-19-20(16)11-13-4-2-3-5-15(13)17(21)22/h2-10H,11H2,1H3,(H,21,22). The summed E-state index contributed by atoms with van der Waals surface area (Å²) in [6, 6.07) is 14.4. The number of benzene rings is 2. The first-order chi connectivity index (χ1) is 11.2. The molecule has 3 rings (SSSR count). The fourth-order valence-electron chi connectivity index (χ4n) is 2.39. The van der Waals surface area contributed by atoms with E-state index in [2.05, 4.69) is 10.3 Å². The minimum absolute atomic E-state index is 0.267. The first-order valence-electron chi connectivity index (χ1n) is 7.03. The number of nitrogens with zero attached hydrogens (tertiary/aromatic N) is 3. The van der Waals surface area contributed by atoms with Crippen LogP contribution < -0.4 is 4.74 Å². The van der Waals surface area contributed by atoms with E-state index in [0.717, 1.165) is 17.0 Å². The van der Waals surface area contributed by atoms with Crippen molar-refractivity contribution in [3.8, 4) is 17.0 Å². The number of carboxylic acids is 1. The molecule has 1 N–H and O–H groups in total. The summed E-state index contributed by atoms with van der Waals surface area (Å²) in [4.78, 5) is 11.3. The van der Waals surface area contributed by atoms with E-state index in [4.69, 9.17) is 4.74 Å². The highest BCUT2D eigenvalue weighted by Gasteiger charge is 2.13. The highest BCUT2D eigenvalue weighted by atomic mass is 16.5. The van der Waals surface area contributed by atoms with E-state index in [1.54, 1.807) is 36.2 Å². The number of carbonyl (C=O) groups is 1. The number of rotatable bonds is 5. The number of ether oxygens (including phenoxy) is 1. The molecule has 1 aromatic heterocycles. The van der Waals surface area contributed by atoms with E-state index < -0.39 is 5.97 Å². The number of carboxylic acid groups (broad SMARTS) is 1. The molecule has 0 aliphatic heterocycles. The number of methoxy groups -OCH3 is 1. The molecule has 0 spiro atoms. The van der Waals surface area contributed by atoms with Gasteiger partial charge in [-0.2, -0.15) is 0 Å². The van der Waals surface area contributed by atoms with Crippen molar-refractivity contribution < 1.29 is 14.6 Å². The number of hydrogen-bond donors (Lipinski definition) is 1. The van der Waals surface area contributed by atoms with Crippen molar-refractivity contribution in [2.45, 2.75) is 6.54 Å². The van der Waals surface area contributed by atoms with Gasteiger partial charge in [-0.3, -0.25) is 0 Å². The summed E-state index contributed by atoms with van der Waals surface area (Å²) in [5.74, 6) is -0.185. The molecule has 116 valence electrons. The average Bonchev–Trinajstić information content (AvgIpc) is 3.03. The predicted molar refractivity (Wildman–Crippen MR) is 84.5 cm³/mol. The van der Waals surface area contributed by atoms with E-state index in [1.807, 2.05) is 30.3 Å². The van der Waals surface area contributed by atoms with Crippen LogP contribution in [0.4, 0.5) is 0 Å². The summed E-state index contributed by atoms with van der Waals surface area (Å²) in [6.45, 7) is 0.337. The van der Waals surface area contributed by atoms with Crippen molar-refractivity contribution in [3.05, 3.63) is 65.9 Å². The largest absolute Gasteiger partial charge is 0.497 e. The van der Waals surface area contributed by atoms with Gasteiger partial charge >= 0.3 is 5.97 Å². The summed E-state index contributed by atoms with van der Waals surface area (Å²) in [5.41, 5.74) is 2.69. The average molecular weight is 309 g/mol. The van der Waals surface area contributed by atoms with Crippen molar-refractivity contribution in [2.24, 2.45) is 0 Å². The number of aromatic nitrogens is 3. The second-order valence-corrected chi connectivity index (χ2v) is 4.97. The van der Waals surface area contributed by atoms with Gasteiger partial charge in [-0.1, -0.05) is 23.4 Å². The first-order valence-corrected chi connectivity index (χ1v) is 7.03. The molecule has 3 aromatic rings. The Morgan fingerprint density at radius 2 is 1.91 bits per heavy atom. The quantitative estimate of drug-likeness (QED) is 0.784. The molecule has 0 saturated carbocycles. The lowest BCUT2D eigenvalue weighted by Gasteiger charge is -2.09. The zero-order chi connectivity index (χ0) is 16.2. The molecule has 0 aliphatic carbocycles. The first kappa shape index (κ1) is 14.8. The zero-order valence-corrected chi connectivity index (χ0v) is 12.5. The topological polar surface area (TPSA) is 77.2 Å². The van der Waals surface area contributed by atoms with E-state index in [0.29, 0.717) is 12.1 Å². The van der Waals surface area contributed by atoms with Gasteiger partial charge in [0.1, 0.15) is 5.75 Å². The van der Waals surface area contributed by atoms with Gasteiger partial charge in [-0.25, -0.2) is 9.48 Å². The van der Waals surface area contributed by atoms with Crippen molar-refractivity contribution in [1.29, 1.82) is 0 Å². The SMILES string of the molecule is COc1ccc(-c2cnnn2Cc2ccccc2C(=O)O)cc1. The molecule has 0 radical (unpaired) electrons. The third-order valence-corrected chi connectivity index (χ3v) is 3.57. The van der Waals surface area contributed by atoms with E-state index in [-0.39, 0.29) is 5.56 Å². The predicted octanol–water partition coefficient (Wildman–Crippen LogP) is 2.70. The van der Waals surface area contributed by atoms with E-state index in [9.17, 15) is 9.90 Å². The molecular formula is C17H15N3O3. The van der Waals surface area contributed by atoms with Gasteiger partial charge in [0.25, 0.3) is 0 Å². The zero-order valence-electron chi connectivity index (χ0n) is 12.5. The summed E-state index contributed by atoms with van der Waals surface area (Å²) in [7, 11) is 1.61. The van der Waals surface area contributed by atoms with Gasteiger partial charge in [-0.15, -0.1) is 5.10 Å². The second-order valence-electron chi connectivity index (χ2n) is 4.97. The fourth-order valence-corrected chi connectivity index (χ4v) is 2.39. The normalized spacial score (nSPS) is 10.5. The Balaban J connectivity index is 1.94. The van der Waals surface area contributed by atoms with Gasteiger partial charge in [0.2, 0.25) is 0 Å². The van der Waals surface area contributed by atoms with Crippen LogP contribution in [-0.4, -0.2) is 33.2 Å². The van der Waals surface area contributed by atoms with Crippen LogP contribution in [0.2, 0.25) is 0 Å². The molecule has 2 aromatic carbocycles. The van der Waals surface area contributed by atoms with Crippen LogP contribution in [0.5, 0.6) is 5.75 Å². The Labute approximate surface area is 133 Å². The lowest BCUT2D eigenvalue weighted by Crippen LogP contribution is -2.09. The van der Waals surface area contributed by atoms with Crippen LogP contribution in [-0.2, 0) is 6.54 Å². The van der Waals surface area contributed by atoms with E-state index in [1.165, 1.54) is 0 Å². The molecule has 6 nitrogen and oxygen atoms in total. The molecular weight excluding hydrogens is 294 g/mol. The molecule has 0 atom stereocenters. The minimum Gasteiger partial charge on any atom is -0.497 e. The molecule has 0 bridgehead atoms. The Morgan fingerprint density at radius 3 is 2.61 bits per heavy atom. The van der Waals surface area contributed by atoms with Crippen LogP contribution in [0.15, 0.2) is 54.7 Å². The monoisotopic (exact) mass is 309 g/mol. The van der Waals surface area contributed by atoms with Gasteiger partial charge in [-0.05, 0) is 35.9 Å². The minimum atomic E-state index is -0.952. The molecule has 6 heteroatoms. The summed E-state index contributed by atoms with van der Waals surface area (Å²) >= 11 is 0. The Morgan fingerprint density at radius 1 is 1.17 bits per heavy atom. The van der Waals surface area contributed by atoms with Gasteiger partial charge in [0.05, 0.1) is 31.1 Å². The second kappa shape index (κ2) is 6.31. The van der Waals surface area contributed by atoms with Crippen LogP contribution in [0.3, 0.4) is 0 Å². The summed E-state index contributed by atoms with van der Waals surface area (Å²) in [5, 5.41) is 17.3. The van der Waals surface area contributed by atoms with Gasteiger partial charge in [0.15, 0.2) is 0 Å². The molecule has 23 heavy (non-hydrogen) atoms. The van der Waals surface area contributed by atoms with E-state index >= 15 is 0 Å². The maximum atomic E-state index is 11.3. The van der Waals surface area contributed by atoms with Crippen LogP contribution in [0, 0.1) is 0 Å². The Kier molecular flexibility index (Phi) is 4.05. The van der Waals surface area contributed by atoms with Gasteiger partial charge in [0, 0.05) is 5.56 Å². The Hall–Kier alpha value is -3.15. The molecule has 0 saturated heterocycles. The van der Waals surface area contributed by atoms with Crippen molar-refractivity contribution >= 4 is 5.97 Å². The highest BCUT2D eigenvalue weighted by Crippen LogP contribution is 2.22. The Bertz CT molecular complexity index is 825. The molecule has 0 amide bonds. The lowest BCUT2D eigenvalue weighted by atomic mass is 10.1. The maximum absolute atomic E-state index is 11.3. The third-order valence-electron chi connectivity index (χ3n) is 3.57. The third kappa shape index (κ3) is 3.06. The van der Waals surface area contributed by atoms with Crippen molar-refractivity contribution in [3.63, 3.8) is 0 Å². The summed E-state index contributed by atoms with van der Waals surface area (Å²) < 4.78 is 6.84. The summed E-state index contributed by atoms with van der Waals surface area (Å²) in [6.07, 6.45) is 1.66. The molecule has 0 aliphatic rings. The van der Waals surface area contributed by atoms with Crippen LogP contribution >= 0.6 is 0 Å². The molecule has 0 unspecified atom stereocenters. The van der Waals surface area contributed by atoms with Gasteiger partial charge < -0.3 is 9.84 Å². The van der Waals surface area contributed by atoms with Crippen LogP contribution in [0.1, 0.15) is 15.9 Å². The molecule has 0 fully saturated rings. The molecule has 1 heterocycles. The number of aromatic carboxylic acids is 1. The van der Waals surface area contributed by atoms with Crippen LogP contribution in [0.25, 0.3) is 11.3 Å². The van der Waals surface area contributed by atoms with Crippen molar-refractivity contribution in [1.82, 2.24) is 15.0 Å². The fraction of sp³-hybridized carbons (Fsp3) is 0.118.